The third-order valence-electron chi connectivity index (χ3n) is 4.34. The molecule has 2 heterocycles. The lowest BCUT2D eigenvalue weighted by atomic mass is 10.2. The number of aliphatic imine (C=N–C) groups is 1. The van der Waals surface area contributed by atoms with Gasteiger partial charge in [-0.1, -0.05) is 28.9 Å². The molecule has 158 valence electrons. The van der Waals surface area contributed by atoms with Gasteiger partial charge in [-0.2, -0.15) is 4.98 Å². The van der Waals surface area contributed by atoms with E-state index in [-0.39, 0.29) is 6.10 Å². The third kappa shape index (κ3) is 7.30. The number of guanidine groups is 1. The standard InChI is InChI=1S/C20H28ClN5O3/c1-2-22-20(23-9-4-11-28-17-8-12-27-14-17)24-10-7-18-25-19(26-29-18)15-5-3-6-16(21)13-15/h3,5-6,13,17H,2,4,7-12,14H2,1H3,(H2,22,23,24). The molecule has 29 heavy (non-hydrogen) atoms. The quantitative estimate of drug-likeness (QED) is 0.346. The summed E-state index contributed by atoms with van der Waals surface area (Å²) in [6, 6.07) is 7.39. The fraction of sp³-hybridized carbons (Fsp3) is 0.550. The van der Waals surface area contributed by atoms with Gasteiger partial charge in [0.15, 0.2) is 5.96 Å². The topological polar surface area (TPSA) is 93.8 Å². The zero-order chi connectivity index (χ0) is 20.3. The Hall–Kier alpha value is -2.16. The monoisotopic (exact) mass is 421 g/mol. The van der Waals surface area contributed by atoms with Crippen LogP contribution in [0.5, 0.6) is 0 Å². The Balaban J connectivity index is 1.39. The van der Waals surface area contributed by atoms with Gasteiger partial charge >= 0.3 is 0 Å². The van der Waals surface area contributed by atoms with Gasteiger partial charge in [0.1, 0.15) is 0 Å². The number of aromatic nitrogens is 2. The Morgan fingerprint density at radius 2 is 2.31 bits per heavy atom. The summed E-state index contributed by atoms with van der Waals surface area (Å²) in [4.78, 5) is 9.00. The van der Waals surface area contributed by atoms with Crippen LogP contribution in [0.2, 0.25) is 5.02 Å². The molecule has 0 amide bonds. The minimum atomic E-state index is 0.247. The predicted molar refractivity (Wildman–Crippen MR) is 112 cm³/mol. The molecular formula is C20H28ClN5O3. The van der Waals surface area contributed by atoms with Crippen molar-refractivity contribution in [3.63, 3.8) is 0 Å². The van der Waals surface area contributed by atoms with Crippen LogP contribution in [0.4, 0.5) is 0 Å². The largest absolute Gasteiger partial charge is 0.379 e. The summed E-state index contributed by atoms with van der Waals surface area (Å²) < 4.78 is 16.4. The van der Waals surface area contributed by atoms with E-state index < -0.39 is 0 Å². The van der Waals surface area contributed by atoms with E-state index in [2.05, 4.69) is 25.8 Å². The van der Waals surface area contributed by atoms with Crippen molar-refractivity contribution in [2.24, 2.45) is 4.99 Å². The normalized spacial score (nSPS) is 16.9. The van der Waals surface area contributed by atoms with Crippen LogP contribution < -0.4 is 10.6 Å². The van der Waals surface area contributed by atoms with E-state index in [1.165, 1.54) is 0 Å². The summed E-state index contributed by atoms with van der Waals surface area (Å²) in [6.07, 6.45) is 2.71. The molecule has 1 aliphatic heterocycles. The van der Waals surface area contributed by atoms with Gasteiger partial charge in [0.05, 0.1) is 12.7 Å². The molecule has 0 radical (unpaired) electrons. The highest BCUT2D eigenvalue weighted by Crippen LogP contribution is 2.19. The molecule has 2 aromatic rings. The maximum Gasteiger partial charge on any atom is 0.228 e. The molecule has 1 atom stereocenters. The van der Waals surface area contributed by atoms with Crippen molar-refractivity contribution in [1.82, 2.24) is 20.8 Å². The van der Waals surface area contributed by atoms with E-state index in [0.29, 0.717) is 49.5 Å². The molecule has 9 heteroatoms. The highest BCUT2D eigenvalue weighted by Gasteiger charge is 2.15. The van der Waals surface area contributed by atoms with Gasteiger partial charge in [-0.05, 0) is 31.9 Å². The van der Waals surface area contributed by atoms with E-state index in [4.69, 9.17) is 25.6 Å². The molecule has 1 aliphatic rings. The molecule has 1 aromatic carbocycles. The molecule has 0 spiro atoms. The first-order valence-electron chi connectivity index (χ1n) is 10.0. The lowest BCUT2D eigenvalue weighted by Crippen LogP contribution is -2.38. The maximum atomic E-state index is 6.01. The van der Waals surface area contributed by atoms with Crippen molar-refractivity contribution in [3.8, 4) is 11.4 Å². The van der Waals surface area contributed by atoms with Gasteiger partial charge < -0.3 is 24.6 Å². The average molecular weight is 422 g/mol. The number of rotatable bonds is 10. The van der Waals surface area contributed by atoms with Crippen molar-refractivity contribution in [2.45, 2.75) is 32.3 Å². The first kappa shape index (κ1) is 21.5. The van der Waals surface area contributed by atoms with E-state index in [1.807, 2.05) is 31.2 Å². The predicted octanol–water partition coefficient (Wildman–Crippen LogP) is 2.68. The number of ether oxygens (including phenoxy) is 2. The molecule has 0 saturated carbocycles. The molecule has 1 unspecified atom stereocenters. The SMILES string of the molecule is CCNC(=NCCCOC1CCOC1)NCCc1nc(-c2cccc(Cl)c2)no1. The van der Waals surface area contributed by atoms with Crippen LogP contribution in [0.25, 0.3) is 11.4 Å². The molecule has 2 N–H and O–H groups in total. The minimum Gasteiger partial charge on any atom is -0.379 e. The van der Waals surface area contributed by atoms with E-state index in [9.17, 15) is 0 Å². The van der Waals surface area contributed by atoms with Crippen molar-refractivity contribution < 1.29 is 14.0 Å². The summed E-state index contributed by atoms with van der Waals surface area (Å²) in [7, 11) is 0. The second-order valence-electron chi connectivity index (χ2n) is 6.67. The highest BCUT2D eigenvalue weighted by molar-refractivity contribution is 6.30. The van der Waals surface area contributed by atoms with Gasteiger partial charge in [-0.3, -0.25) is 4.99 Å². The average Bonchev–Trinajstić information content (AvgIpc) is 3.40. The number of nitrogens with one attached hydrogen (secondary N) is 2. The highest BCUT2D eigenvalue weighted by atomic mass is 35.5. The van der Waals surface area contributed by atoms with E-state index in [0.717, 1.165) is 37.5 Å². The number of hydrogen-bond donors (Lipinski definition) is 2. The molecule has 0 aliphatic carbocycles. The van der Waals surface area contributed by atoms with Crippen molar-refractivity contribution in [1.29, 1.82) is 0 Å². The van der Waals surface area contributed by atoms with Gasteiger partial charge in [0.2, 0.25) is 11.7 Å². The summed E-state index contributed by atoms with van der Waals surface area (Å²) in [5.41, 5.74) is 0.835. The van der Waals surface area contributed by atoms with Gasteiger partial charge in [0, 0.05) is 49.9 Å². The van der Waals surface area contributed by atoms with Crippen LogP contribution in [0, 0.1) is 0 Å². The first-order valence-corrected chi connectivity index (χ1v) is 10.4. The van der Waals surface area contributed by atoms with Gasteiger partial charge in [-0.25, -0.2) is 0 Å². The molecule has 3 rings (SSSR count). The van der Waals surface area contributed by atoms with E-state index >= 15 is 0 Å². The zero-order valence-corrected chi connectivity index (χ0v) is 17.5. The van der Waals surface area contributed by atoms with Gasteiger partial charge in [-0.15, -0.1) is 0 Å². The number of halogens is 1. The summed E-state index contributed by atoms with van der Waals surface area (Å²) in [5, 5.41) is 11.2. The fourth-order valence-electron chi connectivity index (χ4n) is 2.88. The number of benzene rings is 1. The lowest BCUT2D eigenvalue weighted by Gasteiger charge is -2.11. The molecule has 1 fully saturated rings. The summed E-state index contributed by atoms with van der Waals surface area (Å²) in [5.74, 6) is 1.87. The Morgan fingerprint density at radius 3 is 3.10 bits per heavy atom. The van der Waals surface area contributed by atoms with Crippen molar-refractivity contribution >= 4 is 17.6 Å². The van der Waals surface area contributed by atoms with Gasteiger partial charge in [0.25, 0.3) is 0 Å². The first-order chi connectivity index (χ1) is 14.2. The van der Waals surface area contributed by atoms with Crippen LogP contribution in [-0.2, 0) is 15.9 Å². The van der Waals surface area contributed by atoms with E-state index in [1.54, 1.807) is 0 Å². The molecule has 0 bridgehead atoms. The Kier molecular flexibility index (Phi) is 8.73. The number of nitrogens with zero attached hydrogens (tertiary/aromatic N) is 3. The lowest BCUT2D eigenvalue weighted by molar-refractivity contribution is 0.0424. The Bertz CT molecular complexity index is 777. The van der Waals surface area contributed by atoms with Crippen LogP contribution in [0.3, 0.4) is 0 Å². The molecule has 1 saturated heterocycles. The summed E-state index contributed by atoms with van der Waals surface area (Å²) in [6.45, 7) is 6.38. The smallest absolute Gasteiger partial charge is 0.228 e. The zero-order valence-electron chi connectivity index (χ0n) is 16.7. The van der Waals surface area contributed by atoms with Crippen LogP contribution >= 0.6 is 11.6 Å². The molecule has 1 aromatic heterocycles. The Labute approximate surface area is 176 Å². The second-order valence-corrected chi connectivity index (χ2v) is 7.11. The molecule has 8 nitrogen and oxygen atoms in total. The number of hydrogen-bond acceptors (Lipinski definition) is 6. The summed E-state index contributed by atoms with van der Waals surface area (Å²) >= 11 is 6.01. The van der Waals surface area contributed by atoms with Crippen LogP contribution in [-0.4, -0.2) is 61.7 Å². The Morgan fingerprint density at radius 1 is 1.38 bits per heavy atom. The van der Waals surface area contributed by atoms with Crippen LogP contribution in [0.15, 0.2) is 33.8 Å². The fourth-order valence-corrected chi connectivity index (χ4v) is 3.07. The minimum absolute atomic E-state index is 0.247. The maximum absolute atomic E-state index is 6.01. The molecular weight excluding hydrogens is 394 g/mol. The third-order valence-corrected chi connectivity index (χ3v) is 4.58. The van der Waals surface area contributed by atoms with Crippen molar-refractivity contribution in [2.75, 3.05) is 39.5 Å². The van der Waals surface area contributed by atoms with Crippen molar-refractivity contribution in [3.05, 3.63) is 35.2 Å². The second kappa shape index (κ2) is 11.7. The van der Waals surface area contributed by atoms with Crippen LogP contribution in [0.1, 0.15) is 25.7 Å².